The number of nitrogen functional groups attached to an aromatic ring is 1. The summed E-state index contributed by atoms with van der Waals surface area (Å²) < 4.78 is 31.1. The molecule has 7 heteroatoms. The molecule has 0 amide bonds. The van der Waals surface area contributed by atoms with Crippen molar-refractivity contribution >= 4 is 32.4 Å². The highest BCUT2D eigenvalue weighted by Crippen LogP contribution is 2.34. The van der Waals surface area contributed by atoms with E-state index in [1.165, 1.54) is 25.1 Å². The number of ketones is 1. The molecule has 0 aliphatic carbocycles. The maximum absolute atomic E-state index is 11.3. The summed E-state index contributed by atoms with van der Waals surface area (Å²) in [6.45, 7) is 1.33. The van der Waals surface area contributed by atoms with Gasteiger partial charge in [0, 0.05) is 17.0 Å². The lowest BCUT2D eigenvalue weighted by Crippen LogP contribution is -2.02. The Bertz CT molecular complexity index is 795. The molecule has 0 aliphatic heterocycles. The van der Waals surface area contributed by atoms with Crippen LogP contribution in [0, 0.1) is 0 Å². The molecule has 2 rings (SSSR count). The number of hydrogen-bond acceptors (Lipinski definition) is 5. The van der Waals surface area contributed by atoms with Crippen LogP contribution in [0.15, 0.2) is 29.2 Å². The number of nitrogens with two attached hydrogens (primary N) is 1. The molecule has 0 radical (unpaired) electrons. The van der Waals surface area contributed by atoms with Crippen molar-refractivity contribution in [1.82, 2.24) is 0 Å². The lowest BCUT2D eigenvalue weighted by molar-refractivity contribution is 0.101. The van der Waals surface area contributed by atoms with Crippen LogP contribution in [-0.2, 0) is 10.1 Å². The first-order valence-electron chi connectivity index (χ1n) is 5.25. The van der Waals surface area contributed by atoms with E-state index in [4.69, 9.17) is 10.3 Å². The van der Waals surface area contributed by atoms with Crippen LogP contribution in [0.25, 0.3) is 10.8 Å². The van der Waals surface area contributed by atoms with Crippen molar-refractivity contribution in [2.24, 2.45) is 0 Å². The Labute approximate surface area is 109 Å². The average molecular weight is 281 g/mol. The highest BCUT2D eigenvalue weighted by Gasteiger charge is 2.17. The number of anilines is 1. The largest absolute Gasteiger partial charge is 0.507 e. The lowest BCUT2D eigenvalue weighted by Gasteiger charge is -2.09. The molecule has 0 bridgehead atoms. The molecule has 0 unspecified atom stereocenters. The molecule has 0 heterocycles. The number of carbonyl (C=O) groups is 1. The summed E-state index contributed by atoms with van der Waals surface area (Å²) in [4.78, 5) is 10.9. The fourth-order valence-corrected chi connectivity index (χ4v) is 2.44. The number of Topliss-reactive ketones (excluding diaryl/α,β-unsaturated/α-hetero) is 1. The Morgan fingerprint density at radius 2 is 1.89 bits per heavy atom. The second-order valence-electron chi connectivity index (χ2n) is 4.10. The number of phenols is 1. The summed E-state index contributed by atoms with van der Waals surface area (Å²) in [5.74, 6) is -0.677. The van der Waals surface area contributed by atoms with Crippen LogP contribution in [-0.4, -0.2) is 23.9 Å². The third-order valence-electron chi connectivity index (χ3n) is 2.79. The summed E-state index contributed by atoms with van der Waals surface area (Å²) in [5, 5.41) is 10.3. The van der Waals surface area contributed by atoms with Crippen LogP contribution in [0.1, 0.15) is 17.3 Å². The van der Waals surface area contributed by atoms with Crippen LogP contribution in [0.4, 0.5) is 5.69 Å². The van der Waals surface area contributed by atoms with Gasteiger partial charge >= 0.3 is 0 Å². The monoisotopic (exact) mass is 281 g/mol. The lowest BCUT2D eigenvalue weighted by atomic mass is 10.0. The predicted molar refractivity (Wildman–Crippen MR) is 69.8 cm³/mol. The molecule has 0 saturated heterocycles. The van der Waals surface area contributed by atoms with Crippen LogP contribution in [0.3, 0.4) is 0 Å². The Kier molecular flexibility index (Phi) is 2.95. The van der Waals surface area contributed by atoms with E-state index in [9.17, 15) is 18.3 Å². The van der Waals surface area contributed by atoms with Gasteiger partial charge in [-0.25, -0.2) is 0 Å². The minimum absolute atomic E-state index is 0.0735. The maximum Gasteiger partial charge on any atom is 0.294 e. The molecule has 0 aliphatic rings. The van der Waals surface area contributed by atoms with Gasteiger partial charge in [-0.3, -0.25) is 9.35 Å². The van der Waals surface area contributed by atoms with Gasteiger partial charge in [-0.1, -0.05) is 6.07 Å². The zero-order valence-electron chi connectivity index (χ0n) is 9.91. The van der Waals surface area contributed by atoms with Crippen molar-refractivity contribution in [3.05, 3.63) is 29.8 Å². The molecule has 0 aromatic heterocycles. The SMILES string of the molecule is CC(=O)c1ccc2cc(S(=O)(=O)O)cc(O)c2c1N. The second kappa shape index (κ2) is 4.22. The van der Waals surface area contributed by atoms with Gasteiger partial charge in [0.1, 0.15) is 5.75 Å². The van der Waals surface area contributed by atoms with Crippen LogP contribution in [0.2, 0.25) is 0 Å². The standard InChI is InChI=1S/C12H11NO5S/c1-6(14)9-3-2-7-4-8(19(16,17)18)5-10(15)11(7)12(9)13/h2-5,15H,13H2,1H3,(H,16,17,18). The zero-order chi connectivity index (χ0) is 14.4. The van der Waals surface area contributed by atoms with Crippen molar-refractivity contribution in [3.8, 4) is 5.75 Å². The van der Waals surface area contributed by atoms with Gasteiger partial charge in [-0.15, -0.1) is 0 Å². The van der Waals surface area contributed by atoms with Gasteiger partial charge in [0.15, 0.2) is 5.78 Å². The highest BCUT2D eigenvalue weighted by molar-refractivity contribution is 7.85. The highest BCUT2D eigenvalue weighted by atomic mass is 32.2. The first kappa shape index (κ1) is 13.3. The van der Waals surface area contributed by atoms with Crippen molar-refractivity contribution in [3.63, 3.8) is 0 Å². The van der Waals surface area contributed by atoms with Crippen molar-refractivity contribution in [2.75, 3.05) is 5.73 Å². The molecule has 0 fully saturated rings. The fourth-order valence-electron chi connectivity index (χ4n) is 1.90. The first-order chi connectivity index (χ1) is 8.71. The predicted octanol–water partition coefficient (Wildman–Crippen LogP) is 1.58. The Balaban J connectivity index is 2.88. The minimum Gasteiger partial charge on any atom is -0.507 e. The molecule has 0 spiro atoms. The number of phenolic OH excluding ortho intramolecular Hbond substituents is 1. The van der Waals surface area contributed by atoms with Gasteiger partial charge in [-0.2, -0.15) is 8.42 Å². The van der Waals surface area contributed by atoms with E-state index in [0.29, 0.717) is 5.39 Å². The summed E-state index contributed by atoms with van der Waals surface area (Å²) >= 11 is 0. The number of rotatable bonds is 2. The molecule has 2 aromatic carbocycles. The van der Waals surface area contributed by atoms with E-state index in [0.717, 1.165) is 6.07 Å². The first-order valence-corrected chi connectivity index (χ1v) is 6.69. The Morgan fingerprint density at radius 1 is 1.26 bits per heavy atom. The maximum atomic E-state index is 11.3. The van der Waals surface area contributed by atoms with Gasteiger partial charge < -0.3 is 10.8 Å². The quantitative estimate of drug-likeness (QED) is 0.437. The molecule has 2 aromatic rings. The van der Waals surface area contributed by atoms with Gasteiger partial charge in [0.25, 0.3) is 10.1 Å². The van der Waals surface area contributed by atoms with E-state index < -0.39 is 20.8 Å². The van der Waals surface area contributed by atoms with Gasteiger partial charge in [0.2, 0.25) is 0 Å². The minimum atomic E-state index is -4.42. The zero-order valence-corrected chi connectivity index (χ0v) is 10.7. The van der Waals surface area contributed by atoms with Crippen LogP contribution < -0.4 is 5.73 Å². The molecule has 19 heavy (non-hydrogen) atoms. The third-order valence-corrected chi connectivity index (χ3v) is 3.62. The number of hydrogen-bond donors (Lipinski definition) is 3. The smallest absolute Gasteiger partial charge is 0.294 e. The number of fused-ring (bicyclic) bond motifs is 1. The van der Waals surface area contributed by atoms with E-state index in [2.05, 4.69) is 0 Å². The topological polar surface area (TPSA) is 118 Å². The normalized spacial score (nSPS) is 11.7. The van der Waals surface area contributed by atoms with Crippen molar-refractivity contribution in [2.45, 2.75) is 11.8 Å². The fraction of sp³-hybridized carbons (Fsp3) is 0.0833. The molecule has 0 atom stereocenters. The van der Waals surface area contributed by atoms with E-state index in [-0.39, 0.29) is 22.4 Å². The Morgan fingerprint density at radius 3 is 2.42 bits per heavy atom. The number of benzene rings is 2. The molecule has 0 saturated carbocycles. The molecular weight excluding hydrogens is 270 g/mol. The summed E-state index contributed by atoms with van der Waals surface area (Å²) in [5.41, 5.74) is 6.10. The summed E-state index contributed by atoms with van der Waals surface area (Å²) in [7, 11) is -4.42. The van der Waals surface area contributed by atoms with E-state index in [1.807, 2.05) is 0 Å². The van der Waals surface area contributed by atoms with Crippen LogP contribution >= 0.6 is 0 Å². The molecule has 6 nitrogen and oxygen atoms in total. The van der Waals surface area contributed by atoms with Crippen molar-refractivity contribution < 1.29 is 22.9 Å². The second-order valence-corrected chi connectivity index (χ2v) is 5.52. The van der Waals surface area contributed by atoms with E-state index >= 15 is 0 Å². The third kappa shape index (κ3) is 2.25. The molecular formula is C12H11NO5S. The number of aromatic hydroxyl groups is 1. The summed E-state index contributed by atoms with van der Waals surface area (Å²) in [6.07, 6.45) is 0. The van der Waals surface area contributed by atoms with Crippen molar-refractivity contribution in [1.29, 1.82) is 0 Å². The molecule has 100 valence electrons. The average Bonchev–Trinajstić information content (AvgIpc) is 2.26. The Hall–Kier alpha value is -2.12. The van der Waals surface area contributed by atoms with Gasteiger partial charge in [0.05, 0.1) is 10.6 Å². The number of carbonyl (C=O) groups excluding carboxylic acids is 1. The van der Waals surface area contributed by atoms with Crippen LogP contribution in [0.5, 0.6) is 5.75 Å². The van der Waals surface area contributed by atoms with Gasteiger partial charge in [-0.05, 0) is 24.4 Å². The summed E-state index contributed by atoms with van der Waals surface area (Å²) in [6, 6.07) is 4.95. The molecule has 4 N–H and O–H groups in total. The van der Waals surface area contributed by atoms with E-state index in [1.54, 1.807) is 0 Å².